The fourth-order valence-corrected chi connectivity index (χ4v) is 6.15. The molecule has 0 saturated carbocycles. The Bertz CT molecular complexity index is 1150. The van der Waals surface area contributed by atoms with Crippen LogP contribution in [0.4, 0.5) is 9.52 Å². The van der Waals surface area contributed by atoms with Crippen LogP contribution in [0.1, 0.15) is 29.7 Å². The summed E-state index contributed by atoms with van der Waals surface area (Å²) in [6.07, 6.45) is 4.21. The van der Waals surface area contributed by atoms with Gasteiger partial charge >= 0.3 is 0 Å². The highest BCUT2D eigenvalue weighted by atomic mass is 32.2. The third-order valence-corrected chi connectivity index (χ3v) is 8.02. The van der Waals surface area contributed by atoms with Crippen molar-refractivity contribution in [3.8, 4) is 0 Å². The van der Waals surface area contributed by atoms with E-state index in [1.165, 1.54) is 27.8 Å². The summed E-state index contributed by atoms with van der Waals surface area (Å²) in [6, 6.07) is 13.6. The molecule has 3 aromatic rings. The molecular weight excluding hydrogens is 437 g/mol. The topological polar surface area (TPSA) is 79.4 Å². The fraction of sp³-hybridized carbons (Fsp3) is 0.273. The molecule has 1 unspecified atom stereocenters. The number of halogens is 1. The number of hydrogen-bond donors (Lipinski definition) is 1. The van der Waals surface area contributed by atoms with Crippen LogP contribution in [0, 0.1) is 5.82 Å². The van der Waals surface area contributed by atoms with Crippen molar-refractivity contribution < 1.29 is 17.6 Å². The summed E-state index contributed by atoms with van der Waals surface area (Å²) in [7, 11) is -3.76. The second-order valence-corrected chi connectivity index (χ2v) is 10.4. The maximum atomic E-state index is 13.1. The zero-order valence-corrected chi connectivity index (χ0v) is 18.3. The van der Waals surface area contributed by atoms with Gasteiger partial charge in [0, 0.05) is 24.0 Å². The molecule has 0 bridgehead atoms. The molecule has 1 saturated heterocycles. The van der Waals surface area contributed by atoms with Crippen LogP contribution in [-0.4, -0.2) is 36.2 Å². The Morgan fingerprint density at radius 1 is 1.13 bits per heavy atom. The molecule has 1 aromatic heterocycles. The lowest BCUT2D eigenvalue weighted by atomic mass is 10.0. The number of nitrogens with one attached hydrogen (secondary N) is 1. The average Bonchev–Trinajstić information content (AvgIpc) is 3.22. The smallest absolute Gasteiger partial charge is 0.244 e. The van der Waals surface area contributed by atoms with Gasteiger partial charge < -0.3 is 5.32 Å². The summed E-state index contributed by atoms with van der Waals surface area (Å²) in [6.45, 7) is 0.309. The van der Waals surface area contributed by atoms with Crippen molar-refractivity contribution in [3.63, 3.8) is 0 Å². The second-order valence-electron chi connectivity index (χ2n) is 7.36. The normalized spacial score (nSPS) is 17.4. The van der Waals surface area contributed by atoms with E-state index in [0.717, 1.165) is 23.3 Å². The highest BCUT2D eigenvalue weighted by Gasteiger charge is 2.37. The summed E-state index contributed by atoms with van der Waals surface area (Å²) in [5.41, 5.74) is 0.940. The monoisotopic (exact) mass is 459 g/mol. The van der Waals surface area contributed by atoms with E-state index in [4.69, 9.17) is 0 Å². The molecule has 1 N–H and O–H groups in total. The third-order valence-electron chi connectivity index (χ3n) is 5.18. The maximum Gasteiger partial charge on any atom is 0.244 e. The van der Waals surface area contributed by atoms with Crippen molar-refractivity contribution in [2.45, 2.75) is 36.6 Å². The summed E-state index contributed by atoms with van der Waals surface area (Å²) in [4.78, 5) is 18.3. The van der Waals surface area contributed by atoms with Crippen LogP contribution in [0.15, 0.2) is 65.7 Å². The van der Waals surface area contributed by atoms with Gasteiger partial charge in [-0.15, -0.1) is 11.3 Å². The summed E-state index contributed by atoms with van der Waals surface area (Å²) >= 11 is 1.32. The minimum Gasteiger partial charge on any atom is -0.301 e. The van der Waals surface area contributed by atoms with Crippen LogP contribution < -0.4 is 5.32 Å². The number of amides is 1. The Balaban J connectivity index is 1.47. The molecule has 1 aliphatic heterocycles. The highest BCUT2D eigenvalue weighted by Crippen LogP contribution is 2.27. The SMILES string of the molecule is O=C(Nc1ncc(Cc2ccc(F)cc2)s1)C1CCCCN1S(=O)(=O)c1ccccc1. The van der Waals surface area contributed by atoms with Crippen molar-refractivity contribution in [1.29, 1.82) is 0 Å². The van der Waals surface area contributed by atoms with E-state index in [-0.39, 0.29) is 16.6 Å². The van der Waals surface area contributed by atoms with E-state index in [2.05, 4.69) is 10.3 Å². The van der Waals surface area contributed by atoms with Gasteiger partial charge in [-0.05, 0) is 42.7 Å². The van der Waals surface area contributed by atoms with Gasteiger partial charge in [0.2, 0.25) is 15.9 Å². The zero-order valence-electron chi connectivity index (χ0n) is 16.7. The largest absolute Gasteiger partial charge is 0.301 e. The number of aromatic nitrogens is 1. The number of carbonyl (C=O) groups is 1. The number of sulfonamides is 1. The molecule has 6 nitrogen and oxygen atoms in total. The second kappa shape index (κ2) is 9.25. The van der Waals surface area contributed by atoms with Gasteiger partial charge in [0.15, 0.2) is 5.13 Å². The number of piperidine rings is 1. The molecule has 1 atom stereocenters. The van der Waals surface area contributed by atoms with E-state index in [0.29, 0.717) is 24.5 Å². The van der Waals surface area contributed by atoms with Crippen molar-refractivity contribution in [3.05, 3.63) is 77.1 Å². The molecule has 9 heteroatoms. The molecule has 4 rings (SSSR count). The molecule has 2 aromatic carbocycles. The first kappa shape index (κ1) is 21.6. The van der Waals surface area contributed by atoms with Gasteiger partial charge in [0.25, 0.3) is 0 Å². The number of benzene rings is 2. The molecule has 0 spiro atoms. The maximum absolute atomic E-state index is 13.1. The molecule has 1 fully saturated rings. The van der Waals surface area contributed by atoms with Crippen LogP contribution in [-0.2, 0) is 21.2 Å². The van der Waals surface area contributed by atoms with E-state index >= 15 is 0 Å². The number of hydrogen-bond acceptors (Lipinski definition) is 5. The number of nitrogens with zero attached hydrogens (tertiary/aromatic N) is 2. The van der Waals surface area contributed by atoms with Crippen molar-refractivity contribution in [2.24, 2.45) is 0 Å². The number of carbonyl (C=O) groups excluding carboxylic acids is 1. The summed E-state index contributed by atoms with van der Waals surface area (Å²) < 4.78 is 40.6. The lowest BCUT2D eigenvalue weighted by Gasteiger charge is -2.33. The Kier molecular flexibility index (Phi) is 6.45. The Morgan fingerprint density at radius 2 is 1.87 bits per heavy atom. The van der Waals surface area contributed by atoms with Gasteiger partial charge in [0.05, 0.1) is 4.90 Å². The lowest BCUT2D eigenvalue weighted by Crippen LogP contribution is -2.49. The summed E-state index contributed by atoms with van der Waals surface area (Å²) in [5.74, 6) is -0.662. The van der Waals surface area contributed by atoms with E-state index in [9.17, 15) is 17.6 Å². The predicted molar refractivity (Wildman–Crippen MR) is 118 cm³/mol. The van der Waals surface area contributed by atoms with Gasteiger partial charge in [-0.3, -0.25) is 4.79 Å². The zero-order chi connectivity index (χ0) is 21.8. The van der Waals surface area contributed by atoms with Crippen molar-refractivity contribution in [1.82, 2.24) is 9.29 Å². The number of rotatable bonds is 6. The molecule has 0 aliphatic carbocycles. The van der Waals surface area contributed by atoms with Crippen LogP contribution in [0.2, 0.25) is 0 Å². The lowest BCUT2D eigenvalue weighted by molar-refractivity contribution is -0.120. The molecular formula is C22H22FN3O3S2. The molecule has 0 radical (unpaired) electrons. The van der Waals surface area contributed by atoms with Crippen LogP contribution in [0.25, 0.3) is 0 Å². The van der Waals surface area contributed by atoms with Crippen molar-refractivity contribution in [2.75, 3.05) is 11.9 Å². The van der Waals surface area contributed by atoms with E-state index < -0.39 is 16.1 Å². The first-order chi connectivity index (χ1) is 14.9. The van der Waals surface area contributed by atoms with Crippen LogP contribution >= 0.6 is 11.3 Å². The van der Waals surface area contributed by atoms with Gasteiger partial charge in [0.1, 0.15) is 11.9 Å². The molecule has 162 valence electrons. The number of thiazole rings is 1. The first-order valence-electron chi connectivity index (χ1n) is 10.0. The van der Waals surface area contributed by atoms with Crippen molar-refractivity contribution >= 4 is 32.4 Å². The van der Waals surface area contributed by atoms with Gasteiger partial charge in [-0.1, -0.05) is 36.8 Å². The fourth-order valence-electron chi connectivity index (χ4n) is 3.62. The van der Waals surface area contributed by atoms with Crippen LogP contribution in [0.3, 0.4) is 0 Å². The molecule has 1 aliphatic rings. The average molecular weight is 460 g/mol. The molecule has 31 heavy (non-hydrogen) atoms. The van der Waals surface area contributed by atoms with Gasteiger partial charge in [-0.2, -0.15) is 4.31 Å². The third kappa shape index (κ3) is 5.00. The highest BCUT2D eigenvalue weighted by molar-refractivity contribution is 7.89. The predicted octanol–water partition coefficient (Wildman–Crippen LogP) is 4.05. The first-order valence-corrected chi connectivity index (χ1v) is 12.3. The molecule has 1 amide bonds. The van der Waals surface area contributed by atoms with Gasteiger partial charge in [-0.25, -0.2) is 17.8 Å². The van der Waals surface area contributed by atoms with E-state index in [1.54, 1.807) is 48.7 Å². The van der Waals surface area contributed by atoms with Crippen LogP contribution in [0.5, 0.6) is 0 Å². The Hall–Kier alpha value is -2.62. The van der Waals surface area contributed by atoms with E-state index in [1.807, 2.05) is 0 Å². The minimum atomic E-state index is -3.76. The minimum absolute atomic E-state index is 0.186. The quantitative estimate of drug-likeness (QED) is 0.603. The Labute approximate surface area is 184 Å². The molecule has 2 heterocycles. The number of anilines is 1. The summed E-state index contributed by atoms with van der Waals surface area (Å²) in [5, 5.41) is 3.20. The Morgan fingerprint density at radius 3 is 2.61 bits per heavy atom. The standard InChI is InChI=1S/C22H22FN3O3S2/c23-17-11-9-16(10-12-17)14-18-15-24-22(30-18)25-21(27)20-8-4-5-13-26(20)31(28,29)19-6-2-1-3-7-19/h1-3,6-7,9-12,15,20H,4-5,8,13-14H2,(H,24,25,27).